The van der Waals surface area contributed by atoms with Crippen LogP contribution in [0.3, 0.4) is 0 Å². The fourth-order valence-corrected chi connectivity index (χ4v) is 2.76. The lowest BCUT2D eigenvalue weighted by Crippen LogP contribution is -2.24. The van der Waals surface area contributed by atoms with Gasteiger partial charge in [0, 0.05) is 13.0 Å². The van der Waals surface area contributed by atoms with Crippen molar-refractivity contribution < 1.29 is 4.79 Å². The van der Waals surface area contributed by atoms with Gasteiger partial charge in [0.15, 0.2) is 0 Å². The van der Waals surface area contributed by atoms with Crippen LogP contribution in [0.15, 0.2) is 48.5 Å². The van der Waals surface area contributed by atoms with Crippen LogP contribution in [0.4, 0.5) is 0 Å². The Bertz CT molecular complexity index is 738. The normalized spacial score (nSPS) is 10.0. The van der Waals surface area contributed by atoms with Gasteiger partial charge in [-0.05, 0) is 42.4 Å². The highest BCUT2D eigenvalue weighted by Gasteiger charge is 2.06. The molecule has 0 aliphatic heterocycles. The average Bonchev–Trinajstić information content (AvgIpc) is 2.63. The maximum Gasteiger partial charge on any atom is 0.295 e. The summed E-state index contributed by atoms with van der Waals surface area (Å²) in [5.74, 6) is 5.46. The molecule has 1 N–H and O–H groups in total. The van der Waals surface area contributed by atoms with Crippen LogP contribution in [0.5, 0.6) is 0 Å². The van der Waals surface area contributed by atoms with Gasteiger partial charge < -0.3 is 5.32 Å². The molecule has 0 saturated heterocycles. The number of hydrogen-bond donors (Lipinski definition) is 1. The number of aryl methyl sites for hydroxylation is 1. The molecule has 0 radical (unpaired) electrons. The van der Waals surface area contributed by atoms with Crippen molar-refractivity contribution in [3.8, 4) is 23.0 Å². The summed E-state index contributed by atoms with van der Waals surface area (Å²) in [6, 6.07) is 16.9. The number of unbranched alkanes of at least 4 members (excludes halogenated alkanes) is 3. The molecular formula is C23H27NO. The van der Waals surface area contributed by atoms with Gasteiger partial charge in [-0.15, -0.1) is 0 Å². The second-order valence-electron chi connectivity index (χ2n) is 6.29. The Labute approximate surface area is 151 Å². The summed E-state index contributed by atoms with van der Waals surface area (Å²) in [6.45, 7) is 4.87. The van der Waals surface area contributed by atoms with Crippen molar-refractivity contribution in [2.45, 2.75) is 46.0 Å². The van der Waals surface area contributed by atoms with Crippen LogP contribution in [0.25, 0.3) is 11.1 Å². The zero-order valence-electron chi connectivity index (χ0n) is 15.3. The fraction of sp³-hybridized carbons (Fsp3) is 0.348. The Morgan fingerprint density at radius 1 is 1.08 bits per heavy atom. The van der Waals surface area contributed by atoms with E-state index in [1.165, 1.54) is 35.1 Å². The minimum atomic E-state index is -0.176. The highest BCUT2D eigenvalue weighted by atomic mass is 16.1. The first-order valence-corrected chi connectivity index (χ1v) is 9.12. The minimum Gasteiger partial charge on any atom is -0.345 e. The van der Waals surface area contributed by atoms with E-state index in [0.29, 0.717) is 6.54 Å². The van der Waals surface area contributed by atoms with Gasteiger partial charge in [-0.1, -0.05) is 79.8 Å². The lowest BCUT2D eigenvalue weighted by Gasteiger charge is -2.11. The van der Waals surface area contributed by atoms with Gasteiger partial charge in [0.05, 0.1) is 0 Å². The first-order valence-electron chi connectivity index (χ1n) is 9.12. The second-order valence-corrected chi connectivity index (χ2v) is 6.29. The van der Waals surface area contributed by atoms with E-state index in [0.717, 1.165) is 19.3 Å². The van der Waals surface area contributed by atoms with Crippen molar-refractivity contribution in [3.63, 3.8) is 0 Å². The van der Waals surface area contributed by atoms with Crippen LogP contribution in [0.2, 0.25) is 0 Å². The second kappa shape index (κ2) is 10.4. The number of benzene rings is 2. The first kappa shape index (κ1) is 18.8. The molecular weight excluding hydrogens is 306 g/mol. The van der Waals surface area contributed by atoms with E-state index in [4.69, 9.17) is 0 Å². The summed E-state index contributed by atoms with van der Waals surface area (Å²) in [7, 11) is 0. The fourth-order valence-electron chi connectivity index (χ4n) is 2.76. The molecule has 2 aromatic carbocycles. The summed E-state index contributed by atoms with van der Waals surface area (Å²) in [6.07, 6.45) is 5.02. The third kappa shape index (κ3) is 6.47. The third-order valence-electron chi connectivity index (χ3n) is 4.14. The van der Waals surface area contributed by atoms with E-state index >= 15 is 0 Å². The Balaban J connectivity index is 1.92. The van der Waals surface area contributed by atoms with Gasteiger partial charge in [-0.3, -0.25) is 4.79 Å². The minimum absolute atomic E-state index is 0.176. The largest absolute Gasteiger partial charge is 0.345 e. The van der Waals surface area contributed by atoms with Crippen molar-refractivity contribution in [1.29, 1.82) is 0 Å². The Kier molecular flexibility index (Phi) is 7.79. The summed E-state index contributed by atoms with van der Waals surface area (Å²) in [5.41, 5.74) is 4.93. The molecule has 0 atom stereocenters. The predicted molar refractivity (Wildman–Crippen MR) is 105 cm³/mol. The Morgan fingerprint density at radius 3 is 2.64 bits per heavy atom. The Hall–Kier alpha value is -2.53. The van der Waals surface area contributed by atoms with Gasteiger partial charge in [0.1, 0.15) is 0 Å². The zero-order valence-corrected chi connectivity index (χ0v) is 15.3. The van der Waals surface area contributed by atoms with Crippen molar-refractivity contribution in [3.05, 3.63) is 59.7 Å². The summed E-state index contributed by atoms with van der Waals surface area (Å²) in [4.78, 5) is 11.8. The SMILES string of the molecule is CCCCCC#CC(=O)NCCc1ccc(C)cc1-c1ccccc1. The quantitative estimate of drug-likeness (QED) is 0.566. The third-order valence-corrected chi connectivity index (χ3v) is 4.14. The maximum absolute atomic E-state index is 11.8. The smallest absolute Gasteiger partial charge is 0.295 e. The molecule has 0 spiro atoms. The number of nitrogens with one attached hydrogen (secondary N) is 1. The number of carbonyl (C=O) groups excluding carboxylic acids is 1. The zero-order chi connectivity index (χ0) is 17.9. The molecule has 0 aliphatic carbocycles. The van der Waals surface area contributed by atoms with Crippen LogP contribution in [-0.4, -0.2) is 12.5 Å². The molecule has 130 valence electrons. The molecule has 0 aromatic heterocycles. The van der Waals surface area contributed by atoms with E-state index < -0.39 is 0 Å². The molecule has 0 bridgehead atoms. The van der Waals surface area contributed by atoms with Gasteiger partial charge in [-0.2, -0.15) is 0 Å². The van der Waals surface area contributed by atoms with Crippen molar-refractivity contribution in [2.75, 3.05) is 6.54 Å². The van der Waals surface area contributed by atoms with Crippen LogP contribution >= 0.6 is 0 Å². The molecule has 25 heavy (non-hydrogen) atoms. The van der Waals surface area contributed by atoms with Gasteiger partial charge in [0.2, 0.25) is 0 Å². The topological polar surface area (TPSA) is 29.1 Å². The van der Waals surface area contributed by atoms with E-state index in [1.807, 2.05) is 6.07 Å². The number of rotatable bonds is 7. The van der Waals surface area contributed by atoms with Crippen LogP contribution in [0.1, 0.15) is 43.7 Å². The molecule has 2 aromatic rings. The molecule has 0 heterocycles. The molecule has 2 nitrogen and oxygen atoms in total. The lowest BCUT2D eigenvalue weighted by atomic mass is 9.96. The van der Waals surface area contributed by atoms with Gasteiger partial charge in [0.25, 0.3) is 5.91 Å². The van der Waals surface area contributed by atoms with Gasteiger partial charge in [-0.25, -0.2) is 0 Å². The maximum atomic E-state index is 11.8. The molecule has 1 amide bonds. The van der Waals surface area contributed by atoms with Gasteiger partial charge >= 0.3 is 0 Å². The van der Waals surface area contributed by atoms with E-state index in [9.17, 15) is 4.79 Å². The molecule has 0 unspecified atom stereocenters. The summed E-state index contributed by atoms with van der Waals surface area (Å²) < 4.78 is 0. The van der Waals surface area contributed by atoms with E-state index in [1.54, 1.807) is 0 Å². The van der Waals surface area contributed by atoms with Crippen molar-refractivity contribution >= 4 is 5.91 Å². The van der Waals surface area contributed by atoms with E-state index in [-0.39, 0.29) is 5.91 Å². The first-order chi connectivity index (χ1) is 12.2. The molecule has 0 saturated carbocycles. The van der Waals surface area contributed by atoms with Crippen molar-refractivity contribution in [1.82, 2.24) is 5.32 Å². The number of carbonyl (C=O) groups is 1. The number of hydrogen-bond acceptors (Lipinski definition) is 1. The molecule has 2 rings (SSSR count). The molecule has 0 aliphatic rings. The predicted octanol–water partition coefficient (Wildman–Crippen LogP) is 4.90. The van der Waals surface area contributed by atoms with E-state index in [2.05, 4.69) is 73.5 Å². The van der Waals surface area contributed by atoms with Crippen LogP contribution in [0, 0.1) is 18.8 Å². The standard InChI is InChI=1S/C23H27NO/c1-3-4-5-6-10-13-23(25)24-17-16-21-15-14-19(2)18-22(21)20-11-8-7-9-12-20/h7-9,11-12,14-15,18H,3-6,16-17H2,1-2H3,(H,24,25). The number of amides is 1. The van der Waals surface area contributed by atoms with Crippen LogP contribution in [-0.2, 0) is 11.2 Å². The Morgan fingerprint density at radius 2 is 1.88 bits per heavy atom. The molecule has 0 fully saturated rings. The van der Waals surface area contributed by atoms with Crippen molar-refractivity contribution in [2.24, 2.45) is 0 Å². The van der Waals surface area contributed by atoms with Crippen LogP contribution < -0.4 is 5.32 Å². The highest BCUT2D eigenvalue weighted by molar-refractivity contribution is 5.93. The average molecular weight is 333 g/mol. The lowest BCUT2D eigenvalue weighted by molar-refractivity contribution is -0.115. The highest BCUT2D eigenvalue weighted by Crippen LogP contribution is 2.25. The molecule has 2 heteroatoms. The summed E-state index contributed by atoms with van der Waals surface area (Å²) >= 11 is 0. The monoisotopic (exact) mass is 333 g/mol. The summed E-state index contributed by atoms with van der Waals surface area (Å²) in [5, 5.41) is 2.90.